The lowest BCUT2D eigenvalue weighted by Crippen LogP contribution is -2.50. The molecule has 0 radical (unpaired) electrons. The van der Waals surface area contributed by atoms with Gasteiger partial charge in [0.2, 0.25) is 10.0 Å². The number of piperazine rings is 1. The van der Waals surface area contributed by atoms with Crippen molar-refractivity contribution in [2.24, 2.45) is 0 Å². The van der Waals surface area contributed by atoms with Crippen LogP contribution in [0.5, 0.6) is 5.75 Å². The molecule has 1 aliphatic rings. The van der Waals surface area contributed by atoms with Crippen molar-refractivity contribution >= 4 is 27.5 Å². The summed E-state index contributed by atoms with van der Waals surface area (Å²) in [7, 11) is -2.57. The van der Waals surface area contributed by atoms with Gasteiger partial charge in [0.05, 0.1) is 28.3 Å². The van der Waals surface area contributed by atoms with Crippen LogP contribution in [0.3, 0.4) is 0 Å². The van der Waals surface area contributed by atoms with Crippen molar-refractivity contribution < 1.29 is 26.7 Å². The molecule has 1 fully saturated rings. The largest absolute Gasteiger partial charge is 0.496 e. The molecule has 0 bridgehead atoms. The van der Waals surface area contributed by atoms with Gasteiger partial charge in [-0.2, -0.15) is 4.31 Å². The van der Waals surface area contributed by atoms with Gasteiger partial charge in [-0.3, -0.25) is 4.79 Å². The fourth-order valence-electron chi connectivity index (χ4n) is 3.66. The Hall–Kier alpha value is -2.95. The van der Waals surface area contributed by atoms with Crippen LogP contribution in [0, 0.1) is 11.6 Å². The third kappa shape index (κ3) is 4.46. The number of ether oxygens (including phenoxy) is 1. The minimum atomic E-state index is -4.03. The summed E-state index contributed by atoms with van der Waals surface area (Å²) in [6.07, 6.45) is 3.63. The molecule has 174 valence electrons. The van der Waals surface area contributed by atoms with Gasteiger partial charge in [-0.1, -0.05) is 11.6 Å². The lowest BCUT2D eigenvalue weighted by molar-refractivity contribution is 0.0694. The molecule has 7 nitrogen and oxygen atoms in total. The first kappa shape index (κ1) is 23.2. The van der Waals surface area contributed by atoms with Crippen molar-refractivity contribution in [2.75, 3.05) is 33.3 Å². The average molecular weight is 496 g/mol. The minimum absolute atomic E-state index is 0.00453. The Morgan fingerprint density at radius 3 is 2.27 bits per heavy atom. The Morgan fingerprint density at radius 1 is 1.00 bits per heavy atom. The number of aromatic nitrogens is 1. The summed E-state index contributed by atoms with van der Waals surface area (Å²) >= 11 is 6.42. The molecule has 0 atom stereocenters. The highest BCUT2D eigenvalue weighted by Crippen LogP contribution is 2.31. The van der Waals surface area contributed by atoms with Crippen molar-refractivity contribution in [1.82, 2.24) is 13.8 Å². The van der Waals surface area contributed by atoms with Crippen molar-refractivity contribution in [2.45, 2.75) is 4.90 Å². The molecule has 1 aliphatic heterocycles. The van der Waals surface area contributed by atoms with Crippen LogP contribution in [0.4, 0.5) is 8.78 Å². The number of rotatable bonds is 5. The number of amides is 1. The van der Waals surface area contributed by atoms with Crippen molar-refractivity contribution in [3.8, 4) is 11.4 Å². The molecule has 0 aliphatic carbocycles. The smallest absolute Gasteiger partial charge is 0.257 e. The van der Waals surface area contributed by atoms with Gasteiger partial charge >= 0.3 is 0 Å². The average Bonchev–Trinajstić information content (AvgIpc) is 3.35. The topological polar surface area (TPSA) is 71.8 Å². The number of nitrogens with zero attached hydrogens (tertiary/aromatic N) is 3. The Morgan fingerprint density at radius 2 is 1.67 bits per heavy atom. The second-order valence-corrected chi connectivity index (χ2v) is 9.71. The third-order valence-corrected chi connectivity index (χ3v) is 7.63. The maximum Gasteiger partial charge on any atom is 0.257 e. The van der Waals surface area contributed by atoms with Crippen LogP contribution in [0.2, 0.25) is 5.02 Å². The molecule has 0 unspecified atom stereocenters. The van der Waals surface area contributed by atoms with Crippen molar-refractivity contribution in [3.05, 3.63) is 77.1 Å². The first-order chi connectivity index (χ1) is 15.7. The van der Waals surface area contributed by atoms with E-state index in [4.69, 9.17) is 16.3 Å². The van der Waals surface area contributed by atoms with E-state index in [9.17, 15) is 22.0 Å². The van der Waals surface area contributed by atoms with Gasteiger partial charge in [0, 0.05) is 44.6 Å². The molecule has 4 rings (SSSR count). The van der Waals surface area contributed by atoms with Gasteiger partial charge in [-0.05, 0) is 36.4 Å². The van der Waals surface area contributed by atoms with E-state index in [0.29, 0.717) is 22.5 Å². The van der Waals surface area contributed by atoms with Crippen LogP contribution >= 0.6 is 11.6 Å². The molecular weight excluding hydrogens is 476 g/mol. The number of hydrogen-bond acceptors (Lipinski definition) is 4. The van der Waals surface area contributed by atoms with Gasteiger partial charge in [0.25, 0.3) is 5.91 Å². The Balaban J connectivity index is 1.51. The molecular formula is C22H20ClF2N3O4S. The highest BCUT2D eigenvalue weighted by Gasteiger charge is 2.32. The Labute approximate surface area is 194 Å². The zero-order valence-electron chi connectivity index (χ0n) is 17.5. The summed E-state index contributed by atoms with van der Waals surface area (Å²) in [4.78, 5) is 14.3. The molecule has 0 N–H and O–H groups in total. The van der Waals surface area contributed by atoms with Gasteiger partial charge in [-0.25, -0.2) is 17.2 Å². The minimum Gasteiger partial charge on any atom is -0.496 e. The van der Waals surface area contributed by atoms with Gasteiger partial charge < -0.3 is 14.2 Å². The van der Waals surface area contributed by atoms with E-state index in [-0.39, 0.29) is 42.5 Å². The number of sulfonamides is 1. The van der Waals surface area contributed by atoms with E-state index in [1.165, 1.54) is 18.1 Å². The second-order valence-electron chi connectivity index (χ2n) is 7.37. The predicted octanol–water partition coefficient (Wildman–Crippen LogP) is 3.56. The fourth-order valence-corrected chi connectivity index (χ4v) is 5.36. The third-order valence-electron chi connectivity index (χ3n) is 5.44. The molecule has 3 aromatic rings. The van der Waals surface area contributed by atoms with Gasteiger partial charge in [0.1, 0.15) is 5.75 Å². The van der Waals surface area contributed by atoms with Crippen molar-refractivity contribution in [1.29, 1.82) is 0 Å². The predicted molar refractivity (Wildman–Crippen MR) is 118 cm³/mol. The summed E-state index contributed by atoms with van der Waals surface area (Å²) in [5.74, 6) is -2.38. The lowest BCUT2D eigenvalue weighted by Gasteiger charge is -2.34. The van der Waals surface area contributed by atoms with Crippen LogP contribution < -0.4 is 4.74 Å². The standard InChI is InChI=1S/C22H20ClF2N3O4S/c1-32-21-14-20(26-6-2-3-7-26)17(23)13-16(21)22(29)27-8-10-28(11-9-27)33(30,31)15-4-5-18(24)19(25)12-15/h2-7,12-14H,8-11H2,1H3. The molecule has 33 heavy (non-hydrogen) atoms. The van der Waals surface area contributed by atoms with E-state index in [1.54, 1.807) is 10.6 Å². The number of hydrogen-bond donors (Lipinski definition) is 0. The monoisotopic (exact) mass is 495 g/mol. The summed E-state index contributed by atoms with van der Waals surface area (Å²) in [6, 6.07) is 9.33. The first-order valence-electron chi connectivity index (χ1n) is 9.97. The van der Waals surface area contributed by atoms with E-state index >= 15 is 0 Å². The summed E-state index contributed by atoms with van der Waals surface area (Å²) < 4.78 is 60.6. The summed E-state index contributed by atoms with van der Waals surface area (Å²) in [5, 5.41) is 0.356. The van der Waals surface area contributed by atoms with Crippen molar-refractivity contribution in [3.63, 3.8) is 0 Å². The highest BCUT2D eigenvalue weighted by molar-refractivity contribution is 7.89. The molecule has 1 saturated heterocycles. The zero-order valence-corrected chi connectivity index (χ0v) is 19.1. The molecule has 11 heteroatoms. The van der Waals surface area contributed by atoms with E-state index in [1.807, 2.05) is 24.5 Å². The molecule has 1 amide bonds. The number of carbonyl (C=O) groups excluding carboxylic acids is 1. The number of benzene rings is 2. The summed E-state index contributed by atoms with van der Waals surface area (Å²) in [5.41, 5.74) is 0.910. The Kier molecular flexibility index (Phi) is 6.42. The SMILES string of the molecule is COc1cc(-n2cccc2)c(Cl)cc1C(=O)N1CCN(S(=O)(=O)c2ccc(F)c(F)c2)CC1. The molecule has 0 saturated carbocycles. The second kappa shape index (κ2) is 9.12. The number of methoxy groups -OCH3 is 1. The van der Waals surface area contributed by atoms with Crippen LogP contribution in [0.1, 0.15) is 10.4 Å². The molecule has 2 heterocycles. The van der Waals surface area contributed by atoms with E-state index in [0.717, 1.165) is 16.4 Å². The lowest BCUT2D eigenvalue weighted by atomic mass is 10.1. The maximum absolute atomic E-state index is 13.5. The van der Waals surface area contributed by atoms with Gasteiger partial charge in [0.15, 0.2) is 11.6 Å². The fraction of sp³-hybridized carbons (Fsp3) is 0.227. The first-order valence-corrected chi connectivity index (χ1v) is 11.8. The normalized spacial score (nSPS) is 15.0. The Bertz CT molecular complexity index is 1290. The maximum atomic E-state index is 13.5. The van der Waals surface area contributed by atoms with E-state index in [2.05, 4.69) is 0 Å². The summed E-state index contributed by atoms with van der Waals surface area (Å²) in [6.45, 7) is 0.235. The molecule has 2 aromatic carbocycles. The van der Waals surface area contributed by atoms with Crippen LogP contribution in [0.15, 0.2) is 59.8 Å². The van der Waals surface area contributed by atoms with Crippen LogP contribution in [-0.4, -0.2) is 61.4 Å². The molecule has 0 spiro atoms. The van der Waals surface area contributed by atoms with Crippen LogP contribution in [0.25, 0.3) is 5.69 Å². The van der Waals surface area contributed by atoms with Crippen LogP contribution in [-0.2, 0) is 10.0 Å². The molecule has 1 aromatic heterocycles. The number of halogens is 3. The van der Waals surface area contributed by atoms with E-state index < -0.39 is 21.7 Å². The van der Waals surface area contributed by atoms with Gasteiger partial charge in [-0.15, -0.1) is 0 Å². The highest BCUT2D eigenvalue weighted by atomic mass is 35.5. The quantitative estimate of drug-likeness (QED) is 0.542. The number of carbonyl (C=O) groups is 1. The zero-order chi connectivity index (χ0) is 23.8.